The quantitative estimate of drug-likeness (QED) is 0.862. The second-order valence-corrected chi connectivity index (χ2v) is 5.97. The Labute approximate surface area is 137 Å². The molecule has 1 aromatic rings. The van der Waals surface area contributed by atoms with Gasteiger partial charge in [0.15, 0.2) is 0 Å². The molecule has 6 nitrogen and oxygen atoms in total. The Morgan fingerprint density at radius 1 is 1.39 bits per heavy atom. The number of fused-ring (bicyclic) bond motifs is 1. The third kappa shape index (κ3) is 4.77. The van der Waals surface area contributed by atoms with Crippen LogP contribution in [0.3, 0.4) is 0 Å². The van der Waals surface area contributed by atoms with Gasteiger partial charge in [-0.2, -0.15) is 0 Å². The van der Waals surface area contributed by atoms with E-state index in [2.05, 4.69) is 34.6 Å². The van der Waals surface area contributed by atoms with E-state index in [0.29, 0.717) is 6.61 Å². The summed E-state index contributed by atoms with van der Waals surface area (Å²) in [6.07, 6.45) is 0.921. The molecule has 1 aliphatic heterocycles. The topological polar surface area (TPSA) is 70.7 Å². The number of imide groups is 1. The summed E-state index contributed by atoms with van der Waals surface area (Å²) >= 11 is 0. The molecule has 6 heteroatoms. The minimum atomic E-state index is -0.482. The SMILES string of the molecule is COC[C@H](C)NC(=O)NC(=O)CN1CCc2ccccc2[C@H]1C. The van der Waals surface area contributed by atoms with Gasteiger partial charge in [0.1, 0.15) is 0 Å². The number of hydrogen-bond acceptors (Lipinski definition) is 4. The van der Waals surface area contributed by atoms with Crippen molar-refractivity contribution in [2.45, 2.75) is 32.4 Å². The molecule has 0 bridgehead atoms. The first-order chi connectivity index (χ1) is 11.0. The van der Waals surface area contributed by atoms with Crippen LogP contribution in [0.5, 0.6) is 0 Å². The first-order valence-electron chi connectivity index (χ1n) is 7.92. The van der Waals surface area contributed by atoms with Gasteiger partial charge in [-0.3, -0.25) is 15.0 Å². The van der Waals surface area contributed by atoms with Crippen LogP contribution in [-0.4, -0.2) is 49.7 Å². The summed E-state index contributed by atoms with van der Waals surface area (Å²) in [5.74, 6) is -0.293. The summed E-state index contributed by atoms with van der Waals surface area (Å²) in [5.41, 5.74) is 2.59. The van der Waals surface area contributed by atoms with Gasteiger partial charge in [0, 0.05) is 19.7 Å². The van der Waals surface area contributed by atoms with Crippen molar-refractivity contribution < 1.29 is 14.3 Å². The summed E-state index contributed by atoms with van der Waals surface area (Å²) < 4.78 is 4.94. The summed E-state index contributed by atoms with van der Waals surface area (Å²) in [6, 6.07) is 7.83. The third-order valence-corrected chi connectivity index (χ3v) is 4.12. The number of carbonyl (C=O) groups is 2. The van der Waals surface area contributed by atoms with Crippen molar-refractivity contribution in [3.05, 3.63) is 35.4 Å². The van der Waals surface area contributed by atoms with Crippen molar-refractivity contribution in [1.29, 1.82) is 0 Å². The van der Waals surface area contributed by atoms with Crippen molar-refractivity contribution in [1.82, 2.24) is 15.5 Å². The molecule has 0 aliphatic carbocycles. The smallest absolute Gasteiger partial charge is 0.321 e. The summed E-state index contributed by atoms with van der Waals surface area (Å²) in [6.45, 7) is 5.33. The fourth-order valence-electron chi connectivity index (χ4n) is 2.94. The molecular formula is C17H25N3O3. The lowest BCUT2D eigenvalue weighted by Crippen LogP contribution is -2.49. The average molecular weight is 319 g/mol. The molecule has 0 unspecified atom stereocenters. The number of rotatable bonds is 5. The van der Waals surface area contributed by atoms with Gasteiger partial charge in [-0.1, -0.05) is 24.3 Å². The summed E-state index contributed by atoms with van der Waals surface area (Å²) in [7, 11) is 1.57. The van der Waals surface area contributed by atoms with Crippen molar-refractivity contribution in [3.8, 4) is 0 Å². The molecule has 0 fully saturated rings. The van der Waals surface area contributed by atoms with Crippen LogP contribution < -0.4 is 10.6 Å². The number of urea groups is 1. The van der Waals surface area contributed by atoms with Gasteiger partial charge >= 0.3 is 6.03 Å². The van der Waals surface area contributed by atoms with Gasteiger partial charge < -0.3 is 10.1 Å². The van der Waals surface area contributed by atoms with E-state index in [-0.39, 0.29) is 24.5 Å². The molecule has 126 valence electrons. The molecule has 0 saturated heterocycles. The Bertz CT molecular complexity index is 562. The molecule has 23 heavy (non-hydrogen) atoms. The highest BCUT2D eigenvalue weighted by Crippen LogP contribution is 2.28. The summed E-state index contributed by atoms with van der Waals surface area (Å²) in [5, 5.41) is 5.04. The number of amides is 3. The predicted molar refractivity (Wildman–Crippen MR) is 88.1 cm³/mol. The van der Waals surface area contributed by atoms with Crippen molar-refractivity contribution >= 4 is 11.9 Å². The third-order valence-electron chi connectivity index (χ3n) is 4.12. The highest BCUT2D eigenvalue weighted by molar-refractivity contribution is 5.95. The maximum absolute atomic E-state index is 12.1. The highest BCUT2D eigenvalue weighted by atomic mass is 16.5. The lowest BCUT2D eigenvalue weighted by molar-refractivity contribution is -0.121. The monoisotopic (exact) mass is 319 g/mol. The molecular weight excluding hydrogens is 294 g/mol. The first kappa shape index (κ1) is 17.4. The van der Waals surface area contributed by atoms with E-state index >= 15 is 0 Å². The van der Waals surface area contributed by atoms with Crippen LogP contribution in [0.2, 0.25) is 0 Å². The Hall–Kier alpha value is -1.92. The summed E-state index contributed by atoms with van der Waals surface area (Å²) in [4.78, 5) is 25.9. The number of nitrogens with one attached hydrogen (secondary N) is 2. The predicted octanol–water partition coefficient (Wildman–Crippen LogP) is 1.47. The van der Waals surface area contributed by atoms with Gasteiger partial charge in [0.05, 0.1) is 19.2 Å². The Morgan fingerprint density at radius 2 is 2.13 bits per heavy atom. The lowest BCUT2D eigenvalue weighted by Gasteiger charge is -2.34. The van der Waals surface area contributed by atoms with Crippen molar-refractivity contribution in [2.75, 3.05) is 26.8 Å². The molecule has 2 atom stereocenters. The van der Waals surface area contributed by atoms with E-state index in [1.165, 1.54) is 11.1 Å². The minimum Gasteiger partial charge on any atom is -0.383 e. The zero-order chi connectivity index (χ0) is 16.8. The van der Waals surface area contributed by atoms with E-state index in [1.807, 2.05) is 19.1 Å². The Balaban J connectivity index is 1.85. The van der Waals surface area contributed by atoms with Gasteiger partial charge in [0.25, 0.3) is 0 Å². The van der Waals surface area contributed by atoms with Crippen molar-refractivity contribution in [3.63, 3.8) is 0 Å². The fraction of sp³-hybridized carbons (Fsp3) is 0.529. The minimum absolute atomic E-state index is 0.145. The Morgan fingerprint density at radius 3 is 2.87 bits per heavy atom. The molecule has 0 saturated carbocycles. The van der Waals surface area contributed by atoms with Crippen molar-refractivity contribution in [2.24, 2.45) is 0 Å². The van der Waals surface area contributed by atoms with Gasteiger partial charge in [-0.05, 0) is 31.4 Å². The molecule has 2 rings (SSSR count). The number of carbonyl (C=O) groups excluding carboxylic acids is 2. The van der Waals surface area contributed by atoms with Crippen LogP contribution in [0.4, 0.5) is 4.79 Å². The number of ether oxygens (including phenoxy) is 1. The van der Waals surface area contributed by atoms with E-state index in [0.717, 1.165) is 13.0 Å². The standard InChI is InChI=1S/C17H25N3O3/c1-12(11-23-3)18-17(22)19-16(21)10-20-9-8-14-6-4-5-7-15(14)13(20)2/h4-7,12-13H,8-11H2,1-3H3,(H2,18,19,21,22)/t12-,13+/m0/s1. The molecule has 0 aromatic heterocycles. The second-order valence-electron chi connectivity index (χ2n) is 5.97. The van der Waals surface area contributed by atoms with Crippen LogP contribution in [0.1, 0.15) is 31.0 Å². The van der Waals surface area contributed by atoms with Crippen LogP contribution in [0.15, 0.2) is 24.3 Å². The van der Waals surface area contributed by atoms with Crippen LogP contribution in [-0.2, 0) is 16.0 Å². The van der Waals surface area contributed by atoms with Crippen LogP contribution in [0.25, 0.3) is 0 Å². The lowest BCUT2D eigenvalue weighted by atomic mass is 9.94. The number of hydrogen-bond donors (Lipinski definition) is 2. The van der Waals surface area contributed by atoms with Gasteiger partial charge in [-0.15, -0.1) is 0 Å². The Kier molecular flexibility index (Phi) is 6.12. The van der Waals surface area contributed by atoms with Gasteiger partial charge in [0.2, 0.25) is 5.91 Å². The van der Waals surface area contributed by atoms with Crippen LogP contribution in [0, 0.1) is 0 Å². The number of methoxy groups -OCH3 is 1. The second kappa shape index (κ2) is 8.08. The van der Waals surface area contributed by atoms with E-state index < -0.39 is 6.03 Å². The zero-order valence-corrected chi connectivity index (χ0v) is 14.0. The molecule has 2 N–H and O–H groups in total. The molecule has 0 radical (unpaired) electrons. The average Bonchev–Trinajstić information content (AvgIpc) is 2.50. The highest BCUT2D eigenvalue weighted by Gasteiger charge is 2.25. The largest absolute Gasteiger partial charge is 0.383 e. The molecule has 1 heterocycles. The van der Waals surface area contributed by atoms with Gasteiger partial charge in [-0.25, -0.2) is 4.79 Å². The zero-order valence-electron chi connectivity index (χ0n) is 14.0. The van der Waals surface area contributed by atoms with E-state index in [9.17, 15) is 9.59 Å². The van der Waals surface area contributed by atoms with E-state index in [1.54, 1.807) is 7.11 Å². The molecule has 1 aliphatic rings. The molecule has 1 aromatic carbocycles. The number of benzene rings is 1. The molecule has 0 spiro atoms. The first-order valence-corrected chi connectivity index (χ1v) is 7.92. The maximum Gasteiger partial charge on any atom is 0.321 e. The number of nitrogens with zero attached hydrogens (tertiary/aromatic N) is 1. The normalized spacial score (nSPS) is 18.8. The fourth-order valence-corrected chi connectivity index (χ4v) is 2.94. The maximum atomic E-state index is 12.1. The van der Waals surface area contributed by atoms with E-state index in [4.69, 9.17) is 4.74 Å². The van der Waals surface area contributed by atoms with Crippen LogP contribution >= 0.6 is 0 Å². The molecule has 3 amide bonds.